The minimum absolute atomic E-state index is 0.0305. The van der Waals surface area contributed by atoms with Crippen molar-refractivity contribution >= 4 is 11.6 Å². The van der Waals surface area contributed by atoms with E-state index in [1.807, 2.05) is 10.7 Å². The number of nitrogens with zero attached hydrogens (tertiary/aromatic N) is 2. The van der Waals surface area contributed by atoms with E-state index in [1.54, 1.807) is 18.3 Å². The Labute approximate surface area is 130 Å². The third-order valence-corrected chi connectivity index (χ3v) is 3.65. The lowest BCUT2D eigenvalue weighted by Crippen LogP contribution is -2.26. The van der Waals surface area contributed by atoms with Gasteiger partial charge in [0.2, 0.25) is 0 Å². The van der Waals surface area contributed by atoms with Gasteiger partial charge in [-0.3, -0.25) is 4.68 Å². The Morgan fingerprint density at radius 2 is 2.10 bits per heavy atom. The second-order valence-corrected chi connectivity index (χ2v) is 5.45. The van der Waals surface area contributed by atoms with Crippen LogP contribution in [0.3, 0.4) is 0 Å². The summed E-state index contributed by atoms with van der Waals surface area (Å²) >= 11 is 5.93. The highest BCUT2D eigenvalue weighted by Gasteiger charge is 2.18. The highest BCUT2D eigenvalue weighted by molar-refractivity contribution is 6.30. The molecule has 114 valence electrons. The van der Waals surface area contributed by atoms with E-state index in [-0.39, 0.29) is 11.1 Å². The third-order valence-electron chi connectivity index (χ3n) is 3.36. The number of benzene rings is 1. The van der Waals surface area contributed by atoms with Crippen molar-refractivity contribution < 1.29 is 4.39 Å². The highest BCUT2D eigenvalue weighted by Crippen LogP contribution is 2.26. The van der Waals surface area contributed by atoms with Gasteiger partial charge in [-0.1, -0.05) is 31.5 Å². The molecule has 0 fully saturated rings. The first-order chi connectivity index (χ1) is 10.2. The highest BCUT2D eigenvalue weighted by atomic mass is 35.5. The summed E-state index contributed by atoms with van der Waals surface area (Å²) in [5.74, 6) is -0.392. The smallest absolute Gasteiger partial charge is 0.141 e. The minimum Gasteiger partial charge on any atom is -0.305 e. The topological polar surface area (TPSA) is 29.9 Å². The first kappa shape index (κ1) is 16.0. The van der Waals surface area contributed by atoms with E-state index < -0.39 is 5.82 Å². The Bertz CT molecular complexity index is 583. The number of hydrogen-bond donors (Lipinski definition) is 1. The second kappa shape index (κ2) is 7.57. The van der Waals surface area contributed by atoms with Crippen molar-refractivity contribution in [1.82, 2.24) is 15.1 Å². The van der Waals surface area contributed by atoms with Crippen molar-refractivity contribution in [3.63, 3.8) is 0 Å². The lowest BCUT2D eigenvalue weighted by atomic mass is 10.0. The molecule has 0 saturated heterocycles. The zero-order valence-corrected chi connectivity index (χ0v) is 13.2. The average molecular weight is 310 g/mol. The van der Waals surface area contributed by atoms with Crippen LogP contribution in [0.2, 0.25) is 5.02 Å². The Kier molecular flexibility index (Phi) is 5.76. The standard InChI is InChI=1S/C16H21ClFN3/c1-3-8-19-16(12-5-6-14(18)13(17)11-12)15-7-9-20-21(15)10-4-2/h5-7,9,11,16,19H,3-4,8,10H2,1-2H3. The summed E-state index contributed by atoms with van der Waals surface area (Å²) in [5.41, 5.74) is 2.03. The summed E-state index contributed by atoms with van der Waals surface area (Å²) in [6, 6.07) is 6.85. The molecule has 21 heavy (non-hydrogen) atoms. The van der Waals surface area contributed by atoms with Crippen LogP contribution in [0.5, 0.6) is 0 Å². The lowest BCUT2D eigenvalue weighted by molar-refractivity contribution is 0.511. The van der Waals surface area contributed by atoms with Gasteiger partial charge < -0.3 is 5.32 Å². The molecule has 0 radical (unpaired) electrons. The molecule has 0 aliphatic carbocycles. The fourth-order valence-electron chi connectivity index (χ4n) is 2.36. The Morgan fingerprint density at radius 1 is 1.29 bits per heavy atom. The fraction of sp³-hybridized carbons (Fsp3) is 0.438. The molecular weight excluding hydrogens is 289 g/mol. The molecule has 0 saturated carbocycles. The molecule has 0 aliphatic heterocycles. The minimum atomic E-state index is -0.392. The van der Waals surface area contributed by atoms with Gasteiger partial charge in [0, 0.05) is 12.7 Å². The van der Waals surface area contributed by atoms with Crippen LogP contribution < -0.4 is 5.32 Å². The van der Waals surface area contributed by atoms with Crippen LogP contribution in [0.1, 0.15) is 44.0 Å². The predicted octanol–water partition coefficient (Wildman–Crippen LogP) is 4.17. The molecule has 5 heteroatoms. The monoisotopic (exact) mass is 309 g/mol. The number of nitrogens with one attached hydrogen (secondary N) is 1. The molecule has 2 rings (SSSR count). The maximum absolute atomic E-state index is 13.4. The zero-order chi connectivity index (χ0) is 15.2. The van der Waals surface area contributed by atoms with Crippen LogP contribution in [0.4, 0.5) is 4.39 Å². The molecular formula is C16H21ClFN3. The van der Waals surface area contributed by atoms with Crippen molar-refractivity contribution in [2.75, 3.05) is 6.54 Å². The molecule has 1 heterocycles. The molecule has 1 aromatic heterocycles. The second-order valence-electron chi connectivity index (χ2n) is 5.04. The maximum atomic E-state index is 13.4. The summed E-state index contributed by atoms with van der Waals surface area (Å²) in [6.45, 7) is 5.97. The summed E-state index contributed by atoms with van der Waals surface area (Å²) in [5, 5.41) is 8.01. The van der Waals surface area contributed by atoms with E-state index >= 15 is 0 Å². The van der Waals surface area contributed by atoms with Gasteiger partial charge in [-0.2, -0.15) is 5.10 Å². The van der Waals surface area contributed by atoms with Gasteiger partial charge in [-0.05, 0) is 43.1 Å². The molecule has 1 atom stereocenters. The molecule has 3 nitrogen and oxygen atoms in total. The predicted molar refractivity (Wildman–Crippen MR) is 84.1 cm³/mol. The molecule has 1 N–H and O–H groups in total. The molecule has 0 amide bonds. The number of aryl methyl sites for hydroxylation is 1. The number of aromatic nitrogens is 2. The molecule has 1 unspecified atom stereocenters. The van der Waals surface area contributed by atoms with Crippen molar-refractivity contribution in [2.24, 2.45) is 0 Å². The maximum Gasteiger partial charge on any atom is 0.141 e. The number of rotatable bonds is 7. The summed E-state index contributed by atoms with van der Waals surface area (Å²) in [6.07, 6.45) is 3.84. The van der Waals surface area contributed by atoms with E-state index in [0.717, 1.165) is 37.2 Å². The van der Waals surface area contributed by atoms with Gasteiger partial charge in [0.15, 0.2) is 0 Å². The first-order valence-electron chi connectivity index (χ1n) is 7.37. The van der Waals surface area contributed by atoms with Crippen molar-refractivity contribution in [2.45, 2.75) is 39.3 Å². The lowest BCUT2D eigenvalue weighted by Gasteiger charge is -2.21. The van der Waals surface area contributed by atoms with E-state index in [0.29, 0.717) is 0 Å². The number of hydrogen-bond acceptors (Lipinski definition) is 2. The quantitative estimate of drug-likeness (QED) is 0.831. The SMILES string of the molecule is CCCNC(c1ccc(F)c(Cl)c1)c1ccnn1CCC. The van der Waals surface area contributed by atoms with Crippen LogP contribution >= 0.6 is 11.6 Å². The first-order valence-corrected chi connectivity index (χ1v) is 7.75. The van der Waals surface area contributed by atoms with Crippen LogP contribution in [0, 0.1) is 5.82 Å². The Morgan fingerprint density at radius 3 is 2.76 bits per heavy atom. The van der Waals surface area contributed by atoms with Crippen LogP contribution in [0.15, 0.2) is 30.5 Å². The van der Waals surface area contributed by atoms with E-state index in [4.69, 9.17) is 11.6 Å². The van der Waals surface area contributed by atoms with Crippen LogP contribution in [-0.4, -0.2) is 16.3 Å². The van der Waals surface area contributed by atoms with Crippen molar-refractivity contribution in [3.8, 4) is 0 Å². The average Bonchev–Trinajstić information content (AvgIpc) is 2.92. The van der Waals surface area contributed by atoms with Gasteiger partial charge in [-0.15, -0.1) is 0 Å². The van der Waals surface area contributed by atoms with Gasteiger partial charge in [0.1, 0.15) is 5.82 Å². The summed E-state index contributed by atoms with van der Waals surface area (Å²) < 4.78 is 15.4. The van der Waals surface area contributed by atoms with E-state index in [2.05, 4.69) is 24.3 Å². The summed E-state index contributed by atoms with van der Waals surface area (Å²) in [7, 11) is 0. The molecule has 0 spiro atoms. The molecule has 0 aliphatic rings. The van der Waals surface area contributed by atoms with Crippen LogP contribution in [0.25, 0.3) is 0 Å². The molecule has 2 aromatic rings. The third kappa shape index (κ3) is 3.83. The van der Waals surface area contributed by atoms with Gasteiger partial charge in [-0.25, -0.2) is 4.39 Å². The molecule has 0 bridgehead atoms. The van der Waals surface area contributed by atoms with E-state index in [1.165, 1.54) is 6.07 Å². The van der Waals surface area contributed by atoms with Crippen molar-refractivity contribution in [3.05, 3.63) is 52.6 Å². The van der Waals surface area contributed by atoms with Gasteiger partial charge >= 0.3 is 0 Å². The molecule has 1 aromatic carbocycles. The Hall–Kier alpha value is -1.39. The Balaban J connectivity index is 2.37. The normalized spacial score (nSPS) is 12.6. The van der Waals surface area contributed by atoms with Gasteiger partial charge in [0.05, 0.1) is 16.8 Å². The largest absolute Gasteiger partial charge is 0.305 e. The van der Waals surface area contributed by atoms with E-state index in [9.17, 15) is 4.39 Å². The van der Waals surface area contributed by atoms with Gasteiger partial charge in [0.25, 0.3) is 0 Å². The number of halogens is 2. The fourth-order valence-corrected chi connectivity index (χ4v) is 2.55. The van der Waals surface area contributed by atoms with Crippen molar-refractivity contribution in [1.29, 1.82) is 0 Å². The zero-order valence-electron chi connectivity index (χ0n) is 12.4. The summed E-state index contributed by atoms with van der Waals surface area (Å²) in [4.78, 5) is 0. The van der Waals surface area contributed by atoms with Crippen LogP contribution in [-0.2, 0) is 6.54 Å².